The van der Waals surface area contributed by atoms with Gasteiger partial charge in [0, 0.05) is 24.7 Å². The van der Waals surface area contributed by atoms with E-state index in [2.05, 4.69) is 27.4 Å². The van der Waals surface area contributed by atoms with Gasteiger partial charge < -0.3 is 10.2 Å². The van der Waals surface area contributed by atoms with E-state index in [0.29, 0.717) is 5.95 Å². The lowest BCUT2D eigenvalue weighted by atomic mass is 9.93. The smallest absolute Gasteiger partial charge is 0.255 e. The molecule has 0 bridgehead atoms. The molecule has 0 unspecified atom stereocenters. The molecule has 6 nitrogen and oxygen atoms in total. The number of piperidine rings is 1. The third kappa shape index (κ3) is 3.45. The fourth-order valence-corrected chi connectivity index (χ4v) is 4.90. The Morgan fingerprint density at radius 1 is 1.10 bits per heavy atom. The molecular weight excluding hydrogens is 364 g/mol. The molecule has 1 aliphatic heterocycles. The number of anilines is 1. The average Bonchev–Trinajstić information content (AvgIpc) is 3.57. The molecule has 1 amide bonds. The van der Waals surface area contributed by atoms with Gasteiger partial charge in [0.1, 0.15) is 0 Å². The Morgan fingerprint density at radius 3 is 2.55 bits per heavy atom. The van der Waals surface area contributed by atoms with Crippen LogP contribution in [0.3, 0.4) is 0 Å². The fraction of sp³-hybridized carbons (Fsp3) is 0.522. The molecule has 2 aliphatic carbocycles. The first kappa shape index (κ1) is 18.4. The van der Waals surface area contributed by atoms with Crippen LogP contribution in [0.1, 0.15) is 55.3 Å². The van der Waals surface area contributed by atoms with Crippen molar-refractivity contribution in [2.45, 2.75) is 62.8 Å². The summed E-state index contributed by atoms with van der Waals surface area (Å²) in [5, 5.41) is 3.41. The van der Waals surface area contributed by atoms with Crippen molar-refractivity contribution >= 4 is 11.9 Å². The predicted octanol–water partition coefficient (Wildman–Crippen LogP) is 2.78. The molecule has 0 atom stereocenters. The summed E-state index contributed by atoms with van der Waals surface area (Å²) in [5.74, 6) is 0.867. The number of hydrogen-bond acceptors (Lipinski definition) is 4. The van der Waals surface area contributed by atoms with Gasteiger partial charge in [0.2, 0.25) is 11.9 Å². The molecule has 2 aromatic rings. The number of fused-ring (bicyclic) bond motifs is 1. The molecule has 2 fully saturated rings. The predicted molar refractivity (Wildman–Crippen MR) is 112 cm³/mol. The van der Waals surface area contributed by atoms with E-state index >= 15 is 0 Å². The fourth-order valence-electron chi connectivity index (χ4n) is 4.90. The zero-order chi connectivity index (χ0) is 19.8. The molecule has 2 N–H and O–H groups in total. The Kier molecular flexibility index (Phi) is 4.64. The number of H-pyrrole nitrogens is 1. The Bertz CT molecular complexity index is 957. The van der Waals surface area contributed by atoms with E-state index < -0.39 is 0 Å². The SMILES string of the molecule is O=C(N1CCC(Nc2nc3c(c(=O)[nH]2)CCCC3)CC1)C1(c2ccccc2)CC1. The molecule has 29 heavy (non-hydrogen) atoms. The van der Waals surface area contributed by atoms with Gasteiger partial charge in [0.25, 0.3) is 5.56 Å². The molecule has 1 saturated carbocycles. The monoisotopic (exact) mass is 392 g/mol. The molecule has 2 heterocycles. The summed E-state index contributed by atoms with van der Waals surface area (Å²) >= 11 is 0. The number of nitrogens with zero attached hydrogens (tertiary/aromatic N) is 2. The third-order valence-electron chi connectivity index (χ3n) is 6.80. The summed E-state index contributed by atoms with van der Waals surface area (Å²) in [6.45, 7) is 1.50. The summed E-state index contributed by atoms with van der Waals surface area (Å²) in [6, 6.07) is 10.4. The maximum absolute atomic E-state index is 13.2. The van der Waals surface area contributed by atoms with Gasteiger partial charge in [-0.1, -0.05) is 30.3 Å². The largest absolute Gasteiger partial charge is 0.353 e. The van der Waals surface area contributed by atoms with Crippen molar-refractivity contribution in [2.75, 3.05) is 18.4 Å². The number of hydrogen-bond donors (Lipinski definition) is 2. The minimum Gasteiger partial charge on any atom is -0.353 e. The van der Waals surface area contributed by atoms with Crippen LogP contribution in [0.15, 0.2) is 35.1 Å². The second-order valence-electron chi connectivity index (χ2n) is 8.71. The average molecular weight is 393 g/mol. The van der Waals surface area contributed by atoms with E-state index in [4.69, 9.17) is 0 Å². The van der Waals surface area contributed by atoms with Crippen LogP contribution in [0.2, 0.25) is 0 Å². The van der Waals surface area contributed by atoms with Crippen LogP contribution in [0.25, 0.3) is 0 Å². The molecular formula is C23H28N4O2. The van der Waals surface area contributed by atoms with Crippen molar-refractivity contribution in [1.82, 2.24) is 14.9 Å². The molecule has 1 saturated heterocycles. The van der Waals surface area contributed by atoms with Crippen molar-refractivity contribution < 1.29 is 4.79 Å². The first-order chi connectivity index (χ1) is 14.2. The van der Waals surface area contributed by atoms with Crippen LogP contribution in [-0.4, -0.2) is 39.9 Å². The summed E-state index contributed by atoms with van der Waals surface area (Å²) in [5.41, 5.74) is 2.68. The Balaban J connectivity index is 1.22. The van der Waals surface area contributed by atoms with Crippen LogP contribution in [-0.2, 0) is 23.1 Å². The molecule has 6 heteroatoms. The molecule has 152 valence electrons. The van der Waals surface area contributed by atoms with Gasteiger partial charge in [0.05, 0.1) is 11.1 Å². The molecule has 5 rings (SSSR count). The highest BCUT2D eigenvalue weighted by molar-refractivity contribution is 5.91. The topological polar surface area (TPSA) is 78.1 Å². The van der Waals surface area contributed by atoms with Gasteiger partial charge in [-0.05, 0) is 56.9 Å². The van der Waals surface area contributed by atoms with Gasteiger partial charge in [0.15, 0.2) is 0 Å². The Hall–Kier alpha value is -2.63. The Morgan fingerprint density at radius 2 is 1.83 bits per heavy atom. The van der Waals surface area contributed by atoms with Crippen LogP contribution in [0.4, 0.5) is 5.95 Å². The number of aromatic nitrogens is 2. The number of nitrogens with one attached hydrogen (secondary N) is 2. The van der Waals surface area contributed by atoms with Crippen LogP contribution in [0.5, 0.6) is 0 Å². The van der Waals surface area contributed by atoms with Gasteiger partial charge >= 0.3 is 0 Å². The lowest BCUT2D eigenvalue weighted by Gasteiger charge is -2.35. The van der Waals surface area contributed by atoms with E-state index in [0.717, 1.165) is 81.3 Å². The van der Waals surface area contributed by atoms with Crippen LogP contribution >= 0.6 is 0 Å². The maximum Gasteiger partial charge on any atom is 0.255 e. The highest BCUT2D eigenvalue weighted by Gasteiger charge is 2.53. The molecule has 0 spiro atoms. The van der Waals surface area contributed by atoms with Gasteiger partial charge in [-0.2, -0.15) is 0 Å². The number of carbonyl (C=O) groups is 1. The standard InChI is InChI=1S/C23H28N4O2/c28-20-18-8-4-5-9-19(18)25-22(26-20)24-17-10-14-27(15-11-17)21(29)23(12-13-23)16-6-2-1-3-7-16/h1-3,6-7,17H,4-5,8-15H2,(H2,24,25,26,28). The van der Waals surface area contributed by atoms with E-state index in [-0.39, 0.29) is 22.9 Å². The zero-order valence-electron chi connectivity index (χ0n) is 16.7. The van der Waals surface area contributed by atoms with Crippen LogP contribution < -0.4 is 10.9 Å². The van der Waals surface area contributed by atoms with E-state index in [1.807, 2.05) is 23.1 Å². The molecule has 1 aromatic carbocycles. The van der Waals surface area contributed by atoms with E-state index in [1.165, 1.54) is 0 Å². The second-order valence-corrected chi connectivity index (χ2v) is 8.71. The van der Waals surface area contributed by atoms with Crippen molar-refractivity contribution in [3.8, 4) is 0 Å². The van der Waals surface area contributed by atoms with Crippen molar-refractivity contribution in [1.29, 1.82) is 0 Å². The number of likely N-dealkylation sites (tertiary alicyclic amines) is 1. The highest BCUT2D eigenvalue weighted by Crippen LogP contribution is 2.49. The summed E-state index contributed by atoms with van der Waals surface area (Å²) < 4.78 is 0. The number of aromatic amines is 1. The Labute approximate surface area is 170 Å². The molecule has 0 radical (unpaired) electrons. The normalized spacial score (nSPS) is 20.8. The van der Waals surface area contributed by atoms with Crippen LogP contribution in [0, 0.1) is 0 Å². The van der Waals surface area contributed by atoms with Gasteiger partial charge in [-0.25, -0.2) is 4.98 Å². The number of carbonyl (C=O) groups excluding carboxylic acids is 1. The number of benzene rings is 1. The third-order valence-corrected chi connectivity index (χ3v) is 6.80. The summed E-state index contributed by atoms with van der Waals surface area (Å²) in [7, 11) is 0. The highest BCUT2D eigenvalue weighted by atomic mass is 16.2. The first-order valence-corrected chi connectivity index (χ1v) is 10.9. The van der Waals surface area contributed by atoms with Crippen molar-refractivity contribution in [2.24, 2.45) is 0 Å². The first-order valence-electron chi connectivity index (χ1n) is 10.9. The van der Waals surface area contributed by atoms with Crippen molar-refractivity contribution in [3.05, 3.63) is 57.5 Å². The second kappa shape index (κ2) is 7.32. The van der Waals surface area contributed by atoms with Crippen molar-refractivity contribution in [3.63, 3.8) is 0 Å². The van der Waals surface area contributed by atoms with Gasteiger partial charge in [-0.3, -0.25) is 14.6 Å². The molecule has 1 aromatic heterocycles. The number of amides is 1. The quantitative estimate of drug-likeness (QED) is 0.839. The molecule has 3 aliphatic rings. The minimum atomic E-state index is -0.285. The summed E-state index contributed by atoms with van der Waals surface area (Å²) in [4.78, 5) is 35.1. The summed E-state index contributed by atoms with van der Waals surface area (Å²) in [6.07, 6.45) is 7.55. The zero-order valence-corrected chi connectivity index (χ0v) is 16.7. The van der Waals surface area contributed by atoms with E-state index in [9.17, 15) is 9.59 Å². The maximum atomic E-state index is 13.2. The lowest BCUT2D eigenvalue weighted by Crippen LogP contribution is -2.46. The lowest BCUT2D eigenvalue weighted by molar-refractivity contribution is -0.134. The van der Waals surface area contributed by atoms with E-state index in [1.54, 1.807) is 0 Å². The number of aryl methyl sites for hydroxylation is 1. The number of rotatable bonds is 4. The minimum absolute atomic E-state index is 0.00310. The van der Waals surface area contributed by atoms with Gasteiger partial charge in [-0.15, -0.1) is 0 Å².